The topological polar surface area (TPSA) is 99.2 Å². The average Bonchev–Trinajstić information content (AvgIpc) is 3.14. The quantitative estimate of drug-likeness (QED) is 0.267. The summed E-state index contributed by atoms with van der Waals surface area (Å²) in [6, 6.07) is 2.95. The second-order valence-electron chi connectivity index (χ2n) is 7.22. The van der Waals surface area contributed by atoms with Gasteiger partial charge in [0.2, 0.25) is 0 Å². The van der Waals surface area contributed by atoms with Crippen molar-refractivity contribution in [1.82, 2.24) is 4.31 Å². The SMILES string of the molecule is COP(=O)(CN(C(=O)OC(C)(C)C)S(=O)(=O)c1cc2c(Cl)c(CBr)cc(Cl)c2s1)OC. The molecule has 0 spiro atoms. The summed E-state index contributed by atoms with van der Waals surface area (Å²) in [5.41, 5.74) is -0.333. The van der Waals surface area contributed by atoms with Gasteiger partial charge in [0, 0.05) is 24.9 Å². The first kappa shape index (κ1) is 26.9. The van der Waals surface area contributed by atoms with Gasteiger partial charge < -0.3 is 13.8 Å². The summed E-state index contributed by atoms with van der Waals surface area (Å²) in [6.07, 6.45) is -2.10. The molecule has 0 N–H and O–H groups in total. The van der Waals surface area contributed by atoms with E-state index in [1.807, 2.05) is 0 Å². The number of sulfonamides is 1. The fraction of sp³-hybridized carbons (Fsp3) is 0.471. The van der Waals surface area contributed by atoms with Gasteiger partial charge in [-0.3, -0.25) is 4.57 Å². The van der Waals surface area contributed by atoms with Crippen LogP contribution in [-0.4, -0.2) is 44.9 Å². The van der Waals surface area contributed by atoms with Gasteiger partial charge >= 0.3 is 13.7 Å². The number of carbonyl (C=O) groups excluding carboxylic acids is 1. The number of fused-ring (bicyclic) bond motifs is 1. The first-order valence-electron chi connectivity index (χ1n) is 8.61. The van der Waals surface area contributed by atoms with E-state index in [2.05, 4.69) is 15.9 Å². The molecule has 1 amide bonds. The molecule has 0 aliphatic heterocycles. The van der Waals surface area contributed by atoms with Gasteiger partial charge in [-0.15, -0.1) is 11.3 Å². The second-order valence-corrected chi connectivity index (χ2v) is 13.9. The summed E-state index contributed by atoms with van der Waals surface area (Å²) in [7, 11) is -6.30. The number of benzene rings is 1. The van der Waals surface area contributed by atoms with Crippen molar-refractivity contribution in [2.24, 2.45) is 0 Å². The molecule has 0 atom stereocenters. The first-order valence-corrected chi connectivity index (χ1v) is 14.5. The first-order chi connectivity index (χ1) is 14.2. The number of alkyl halides is 1. The van der Waals surface area contributed by atoms with E-state index in [0.29, 0.717) is 35.3 Å². The Morgan fingerprint density at radius 3 is 2.29 bits per heavy atom. The van der Waals surface area contributed by atoms with Crippen molar-refractivity contribution in [2.45, 2.75) is 35.9 Å². The molecule has 0 radical (unpaired) electrons. The van der Waals surface area contributed by atoms with Crippen molar-refractivity contribution in [2.75, 3.05) is 20.5 Å². The van der Waals surface area contributed by atoms with Crippen LogP contribution in [0.5, 0.6) is 0 Å². The van der Waals surface area contributed by atoms with Crippen molar-refractivity contribution in [3.05, 3.63) is 27.7 Å². The number of nitrogens with zero attached hydrogens (tertiary/aromatic N) is 1. The van der Waals surface area contributed by atoms with E-state index in [1.54, 1.807) is 26.8 Å². The Labute approximate surface area is 203 Å². The van der Waals surface area contributed by atoms with Crippen LogP contribution < -0.4 is 0 Å². The maximum absolute atomic E-state index is 13.4. The second kappa shape index (κ2) is 9.85. The third-order valence-corrected chi connectivity index (χ3v) is 10.6. The Kier molecular flexibility index (Phi) is 8.53. The number of hydrogen-bond donors (Lipinski definition) is 0. The molecule has 8 nitrogen and oxygen atoms in total. The normalized spacial score (nSPS) is 12.9. The van der Waals surface area contributed by atoms with Crippen LogP contribution in [0.15, 0.2) is 16.3 Å². The summed E-state index contributed by atoms with van der Waals surface area (Å²) < 4.78 is 54.9. The predicted molar refractivity (Wildman–Crippen MR) is 126 cm³/mol. The summed E-state index contributed by atoms with van der Waals surface area (Å²) >= 11 is 16.8. The summed E-state index contributed by atoms with van der Waals surface area (Å²) in [4.78, 5) is 12.8. The molecule has 0 saturated heterocycles. The molecule has 2 rings (SSSR count). The van der Waals surface area contributed by atoms with E-state index in [0.717, 1.165) is 25.6 Å². The lowest BCUT2D eigenvalue weighted by Gasteiger charge is -2.28. The van der Waals surface area contributed by atoms with Crippen molar-refractivity contribution in [1.29, 1.82) is 0 Å². The van der Waals surface area contributed by atoms with Crippen molar-refractivity contribution in [3.63, 3.8) is 0 Å². The highest BCUT2D eigenvalue weighted by Gasteiger charge is 2.40. The monoisotopic (exact) mass is 595 g/mol. The van der Waals surface area contributed by atoms with Crippen LogP contribution in [0.1, 0.15) is 26.3 Å². The Hall–Kier alpha value is -0.390. The molecule has 0 unspecified atom stereocenters. The van der Waals surface area contributed by atoms with E-state index in [9.17, 15) is 17.8 Å². The zero-order valence-corrected chi connectivity index (χ0v) is 22.9. The molecule has 14 heteroatoms. The summed E-state index contributed by atoms with van der Waals surface area (Å²) in [5.74, 6) is 0. The highest BCUT2D eigenvalue weighted by atomic mass is 79.9. The fourth-order valence-corrected chi connectivity index (χ4v) is 7.97. The molecule has 31 heavy (non-hydrogen) atoms. The van der Waals surface area contributed by atoms with Crippen molar-refractivity contribution >= 4 is 84.3 Å². The predicted octanol–water partition coefficient (Wildman–Crippen LogP) is 6.47. The van der Waals surface area contributed by atoms with Crippen LogP contribution in [0, 0.1) is 0 Å². The number of amides is 1. The van der Waals surface area contributed by atoms with Crippen molar-refractivity contribution < 1.29 is 31.6 Å². The smallest absolute Gasteiger partial charge is 0.424 e. The van der Waals surface area contributed by atoms with Crippen LogP contribution in [0.2, 0.25) is 10.0 Å². The van der Waals surface area contributed by atoms with Crippen LogP contribution in [-0.2, 0) is 33.7 Å². The molecule has 0 aliphatic carbocycles. The molecule has 0 fully saturated rings. The zero-order chi connectivity index (χ0) is 23.8. The molecular formula is C17H21BrCl2NO7PS2. The van der Waals surface area contributed by atoms with E-state index in [-0.39, 0.29) is 4.21 Å². The van der Waals surface area contributed by atoms with Gasteiger partial charge in [0.1, 0.15) is 16.1 Å². The molecular weight excluding hydrogens is 576 g/mol. The van der Waals surface area contributed by atoms with Gasteiger partial charge in [-0.25, -0.2) is 4.79 Å². The minimum atomic E-state index is -4.52. The standard InChI is InChI=1S/C17H21BrCl2NO7PS2/c1-17(2,3)28-16(22)21(9-29(23,26-4)27-5)31(24,25)13-7-11-14(20)10(8-18)6-12(19)15(11)30-13/h6-7H,8-9H2,1-5H3. The summed E-state index contributed by atoms with van der Waals surface area (Å²) in [6.45, 7) is 4.72. The fourth-order valence-electron chi connectivity index (χ4n) is 2.39. The molecule has 1 aromatic carbocycles. The number of thiophene rings is 1. The number of hydrogen-bond acceptors (Lipinski definition) is 8. The van der Waals surface area contributed by atoms with Crippen LogP contribution in [0.3, 0.4) is 0 Å². The number of ether oxygens (including phenoxy) is 1. The van der Waals surface area contributed by atoms with Crippen LogP contribution >= 0.6 is 58.1 Å². The van der Waals surface area contributed by atoms with Gasteiger partial charge in [0.05, 0.1) is 14.7 Å². The lowest BCUT2D eigenvalue weighted by atomic mass is 10.2. The van der Waals surface area contributed by atoms with E-state index >= 15 is 0 Å². The lowest BCUT2D eigenvalue weighted by Crippen LogP contribution is -2.41. The Morgan fingerprint density at radius 1 is 1.23 bits per heavy atom. The molecule has 0 aliphatic rings. The maximum atomic E-state index is 13.4. The van der Waals surface area contributed by atoms with Gasteiger partial charge in [-0.05, 0) is 38.5 Å². The van der Waals surface area contributed by atoms with Crippen molar-refractivity contribution in [3.8, 4) is 0 Å². The molecule has 1 heterocycles. The Bertz CT molecular complexity index is 1140. The molecule has 0 saturated carbocycles. The third-order valence-electron chi connectivity index (χ3n) is 3.89. The van der Waals surface area contributed by atoms with Gasteiger partial charge in [-0.2, -0.15) is 12.7 Å². The zero-order valence-electron chi connectivity index (χ0n) is 17.3. The summed E-state index contributed by atoms with van der Waals surface area (Å²) in [5, 5.41) is 1.47. The Morgan fingerprint density at radius 2 is 1.81 bits per heavy atom. The number of rotatable bonds is 7. The van der Waals surface area contributed by atoms with Gasteiger partial charge in [-0.1, -0.05) is 39.1 Å². The number of halogens is 3. The largest absolute Gasteiger partial charge is 0.443 e. The van der Waals surface area contributed by atoms with Gasteiger partial charge in [0.15, 0.2) is 0 Å². The van der Waals surface area contributed by atoms with E-state index in [4.69, 9.17) is 37.0 Å². The number of carbonyl (C=O) groups is 1. The minimum absolute atomic E-state index is 0.234. The Balaban J connectivity index is 2.66. The molecule has 2 aromatic rings. The minimum Gasteiger partial charge on any atom is -0.443 e. The van der Waals surface area contributed by atoms with E-state index < -0.39 is 35.6 Å². The molecule has 1 aromatic heterocycles. The molecule has 0 bridgehead atoms. The van der Waals surface area contributed by atoms with Crippen LogP contribution in [0.4, 0.5) is 4.79 Å². The van der Waals surface area contributed by atoms with Crippen LogP contribution in [0.25, 0.3) is 10.1 Å². The maximum Gasteiger partial charge on any atom is 0.424 e. The van der Waals surface area contributed by atoms with E-state index in [1.165, 1.54) is 6.07 Å². The average molecular weight is 597 g/mol. The molecule has 174 valence electrons. The highest BCUT2D eigenvalue weighted by Crippen LogP contribution is 2.49. The van der Waals surface area contributed by atoms with Gasteiger partial charge in [0.25, 0.3) is 10.0 Å². The lowest BCUT2D eigenvalue weighted by molar-refractivity contribution is 0.0402. The third kappa shape index (κ3) is 5.95. The highest BCUT2D eigenvalue weighted by molar-refractivity contribution is 9.08.